The number of hydrogen-bond acceptors (Lipinski definition) is 2. The summed E-state index contributed by atoms with van der Waals surface area (Å²) in [6.45, 7) is 4.38. The Labute approximate surface area is 118 Å². The first-order valence-corrected chi connectivity index (χ1v) is 6.68. The van der Waals surface area contributed by atoms with Gasteiger partial charge in [0.15, 0.2) is 0 Å². The lowest BCUT2D eigenvalue weighted by Crippen LogP contribution is -1.96. The van der Waals surface area contributed by atoms with Crippen molar-refractivity contribution in [1.29, 1.82) is 5.26 Å². The molecule has 3 nitrogen and oxygen atoms in total. The molecule has 1 aromatic heterocycles. The lowest BCUT2D eigenvalue weighted by atomic mass is 10.00. The highest BCUT2D eigenvalue weighted by Crippen LogP contribution is 2.26. The van der Waals surface area contributed by atoms with Gasteiger partial charge in [-0.25, -0.2) is 4.68 Å². The summed E-state index contributed by atoms with van der Waals surface area (Å²) in [6.07, 6.45) is 1.92. The molecule has 0 N–H and O–H groups in total. The standard InChI is InChI=1S/C17H15N3/c1-12(2)15-4-3-5-17-16(15)11-19-20(17)14-8-6-13(10-18)7-9-14/h3-9,11-12H,1-2H3. The van der Waals surface area contributed by atoms with Gasteiger partial charge in [0, 0.05) is 5.39 Å². The molecular formula is C17H15N3. The fraction of sp³-hybridized carbons (Fsp3) is 0.176. The number of aromatic nitrogens is 2. The third-order valence-electron chi connectivity index (χ3n) is 3.51. The molecule has 0 saturated heterocycles. The van der Waals surface area contributed by atoms with E-state index in [9.17, 15) is 0 Å². The van der Waals surface area contributed by atoms with Crippen LogP contribution in [-0.4, -0.2) is 9.78 Å². The fourth-order valence-electron chi connectivity index (χ4n) is 2.46. The van der Waals surface area contributed by atoms with Gasteiger partial charge in [0.05, 0.1) is 29.0 Å². The Morgan fingerprint density at radius 1 is 1.10 bits per heavy atom. The van der Waals surface area contributed by atoms with Gasteiger partial charge in [0.1, 0.15) is 0 Å². The normalized spacial score (nSPS) is 10.9. The Kier molecular flexibility index (Phi) is 3.00. The van der Waals surface area contributed by atoms with Gasteiger partial charge in [0.25, 0.3) is 0 Å². The second-order valence-electron chi connectivity index (χ2n) is 5.15. The second-order valence-corrected chi connectivity index (χ2v) is 5.15. The summed E-state index contributed by atoms with van der Waals surface area (Å²) in [5, 5.41) is 14.5. The van der Waals surface area contributed by atoms with Gasteiger partial charge in [-0.3, -0.25) is 0 Å². The van der Waals surface area contributed by atoms with Gasteiger partial charge in [-0.1, -0.05) is 26.0 Å². The minimum Gasteiger partial charge on any atom is -0.233 e. The molecule has 0 aliphatic carbocycles. The molecule has 0 atom stereocenters. The molecule has 2 aromatic carbocycles. The molecule has 3 heteroatoms. The lowest BCUT2D eigenvalue weighted by Gasteiger charge is -2.08. The van der Waals surface area contributed by atoms with Crippen molar-refractivity contribution < 1.29 is 0 Å². The van der Waals surface area contributed by atoms with E-state index in [4.69, 9.17) is 5.26 Å². The topological polar surface area (TPSA) is 41.6 Å². The average molecular weight is 261 g/mol. The largest absolute Gasteiger partial charge is 0.233 e. The zero-order chi connectivity index (χ0) is 14.1. The number of fused-ring (bicyclic) bond motifs is 1. The van der Waals surface area contributed by atoms with E-state index in [0.29, 0.717) is 11.5 Å². The summed E-state index contributed by atoms with van der Waals surface area (Å²) in [5.74, 6) is 0.470. The molecule has 0 aliphatic rings. The summed E-state index contributed by atoms with van der Waals surface area (Å²) in [7, 11) is 0. The van der Waals surface area contributed by atoms with Crippen molar-refractivity contribution in [3.8, 4) is 11.8 Å². The number of rotatable bonds is 2. The van der Waals surface area contributed by atoms with Crippen molar-refractivity contribution in [2.45, 2.75) is 19.8 Å². The molecule has 0 unspecified atom stereocenters. The number of nitriles is 1. The van der Waals surface area contributed by atoms with Crippen LogP contribution in [0.3, 0.4) is 0 Å². The Morgan fingerprint density at radius 3 is 2.50 bits per heavy atom. The average Bonchev–Trinajstić information content (AvgIpc) is 2.91. The summed E-state index contributed by atoms with van der Waals surface area (Å²) in [4.78, 5) is 0. The monoisotopic (exact) mass is 261 g/mol. The zero-order valence-electron chi connectivity index (χ0n) is 11.5. The molecule has 0 aliphatic heterocycles. The molecule has 98 valence electrons. The maximum atomic E-state index is 8.86. The van der Waals surface area contributed by atoms with Crippen LogP contribution in [0.4, 0.5) is 0 Å². The molecule has 0 spiro atoms. The molecule has 0 saturated carbocycles. The van der Waals surface area contributed by atoms with E-state index >= 15 is 0 Å². The maximum absolute atomic E-state index is 8.86. The predicted molar refractivity (Wildman–Crippen MR) is 79.9 cm³/mol. The van der Waals surface area contributed by atoms with E-state index in [1.807, 2.05) is 35.1 Å². The molecule has 0 bridgehead atoms. The molecular weight excluding hydrogens is 246 g/mol. The lowest BCUT2D eigenvalue weighted by molar-refractivity contribution is 0.876. The fourth-order valence-corrected chi connectivity index (χ4v) is 2.46. The van der Waals surface area contributed by atoms with Gasteiger partial charge in [-0.2, -0.15) is 10.4 Å². The van der Waals surface area contributed by atoms with Crippen LogP contribution >= 0.6 is 0 Å². The van der Waals surface area contributed by atoms with E-state index in [-0.39, 0.29) is 0 Å². The molecule has 3 aromatic rings. The highest BCUT2D eigenvalue weighted by atomic mass is 15.3. The first-order valence-electron chi connectivity index (χ1n) is 6.68. The van der Waals surface area contributed by atoms with Crippen LogP contribution in [-0.2, 0) is 0 Å². The van der Waals surface area contributed by atoms with E-state index in [1.54, 1.807) is 0 Å². The van der Waals surface area contributed by atoms with Gasteiger partial charge >= 0.3 is 0 Å². The van der Waals surface area contributed by atoms with Crippen LogP contribution < -0.4 is 0 Å². The van der Waals surface area contributed by atoms with Crippen LogP contribution in [0, 0.1) is 11.3 Å². The van der Waals surface area contributed by atoms with E-state index in [2.05, 4.69) is 43.2 Å². The summed E-state index contributed by atoms with van der Waals surface area (Å²) >= 11 is 0. The molecule has 0 radical (unpaired) electrons. The zero-order valence-corrected chi connectivity index (χ0v) is 11.5. The van der Waals surface area contributed by atoms with Gasteiger partial charge in [0.2, 0.25) is 0 Å². The molecule has 0 amide bonds. The quantitative estimate of drug-likeness (QED) is 0.699. The minimum absolute atomic E-state index is 0.470. The maximum Gasteiger partial charge on any atom is 0.0991 e. The van der Waals surface area contributed by atoms with Crippen LogP contribution in [0.5, 0.6) is 0 Å². The Morgan fingerprint density at radius 2 is 1.85 bits per heavy atom. The van der Waals surface area contributed by atoms with Crippen molar-refractivity contribution in [1.82, 2.24) is 9.78 Å². The van der Waals surface area contributed by atoms with Crippen molar-refractivity contribution in [2.75, 3.05) is 0 Å². The molecule has 20 heavy (non-hydrogen) atoms. The minimum atomic E-state index is 0.470. The first-order chi connectivity index (χ1) is 9.70. The summed E-state index contributed by atoms with van der Waals surface area (Å²) in [5.41, 5.74) is 4.04. The van der Waals surface area contributed by atoms with Crippen LogP contribution in [0.15, 0.2) is 48.7 Å². The van der Waals surface area contributed by atoms with Crippen molar-refractivity contribution in [3.63, 3.8) is 0 Å². The SMILES string of the molecule is CC(C)c1cccc2c1cnn2-c1ccc(C#N)cc1. The van der Waals surface area contributed by atoms with Crippen molar-refractivity contribution in [2.24, 2.45) is 0 Å². The summed E-state index contributed by atoms with van der Waals surface area (Å²) < 4.78 is 1.92. The number of nitrogens with zero attached hydrogens (tertiary/aromatic N) is 3. The highest BCUT2D eigenvalue weighted by Gasteiger charge is 2.10. The third-order valence-corrected chi connectivity index (χ3v) is 3.51. The second kappa shape index (κ2) is 4.82. The third kappa shape index (κ3) is 1.96. The van der Waals surface area contributed by atoms with Crippen LogP contribution in [0.2, 0.25) is 0 Å². The predicted octanol–water partition coefficient (Wildman–Crippen LogP) is 4.02. The van der Waals surface area contributed by atoms with E-state index < -0.39 is 0 Å². The number of hydrogen-bond donors (Lipinski definition) is 0. The number of benzene rings is 2. The van der Waals surface area contributed by atoms with E-state index in [0.717, 1.165) is 11.2 Å². The van der Waals surface area contributed by atoms with E-state index in [1.165, 1.54) is 10.9 Å². The van der Waals surface area contributed by atoms with Crippen molar-refractivity contribution in [3.05, 3.63) is 59.8 Å². The smallest absolute Gasteiger partial charge is 0.0991 e. The summed E-state index contributed by atoms with van der Waals surface area (Å²) in [6, 6.07) is 15.9. The molecule has 3 rings (SSSR count). The van der Waals surface area contributed by atoms with Gasteiger partial charge in [-0.05, 0) is 41.8 Å². The van der Waals surface area contributed by atoms with Crippen LogP contribution in [0.25, 0.3) is 16.6 Å². The van der Waals surface area contributed by atoms with Gasteiger partial charge < -0.3 is 0 Å². The Bertz CT molecular complexity index is 789. The van der Waals surface area contributed by atoms with Gasteiger partial charge in [-0.15, -0.1) is 0 Å². The van der Waals surface area contributed by atoms with Crippen LogP contribution in [0.1, 0.15) is 30.9 Å². The molecule has 0 fully saturated rings. The Balaban J connectivity index is 2.17. The molecule has 1 heterocycles. The first kappa shape index (κ1) is 12.4. The Hall–Kier alpha value is -2.60. The van der Waals surface area contributed by atoms with Crippen molar-refractivity contribution >= 4 is 10.9 Å². The highest BCUT2D eigenvalue weighted by molar-refractivity contribution is 5.84.